The second-order valence-corrected chi connectivity index (χ2v) is 8.87. The van der Waals surface area contributed by atoms with E-state index in [0.29, 0.717) is 29.9 Å². The van der Waals surface area contributed by atoms with E-state index < -0.39 is 6.04 Å². The first-order chi connectivity index (χ1) is 14.8. The number of benzene rings is 2. The third-order valence-electron chi connectivity index (χ3n) is 5.98. The van der Waals surface area contributed by atoms with E-state index in [1.54, 1.807) is 25.2 Å². The van der Waals surface area contributed by atoms with Gasteiger partial charge in [-0.05, 0) is 36.1 Å². The van der Waals surface area contributed by atoms with Crippen molar-refractivity contribution in [3.63, 3.8) is 0 Å². The van der Waals surface area contributed by atoms with Gasteiger partial charge in [0.05, 0.1) is 31.6 Å². The normalized spacial score (nSPS) is 19.7. The predicted octanol–water partition coefficient (Wildman–Crippen LogP) is 4.87. The number of amides is 1. The van der Waals surface area contributed by atoms with Crippen LogP contribution in [0, 0.1) is 5.41 Å². The first-order valence-corrected chi connectivity index (χ1v) is 10.4. The number of nitrogens with one attached hydrogen (secondary N) is 1. The number of ether oxygens (including phenoxy) is 2. The first kappa shape index (κ1) is 21.0. The van der Waals surface area contributed by atoms with Crippen LogP contribution in [0.4, 0.5) is 11.4 Å². The van der Waals surface area contributed by atoms with E-state index in [4.69, 9.17) is 9.47 Å². The van der Waals surface area contributed by atoms with Gasteiger partial charge >= 0.3 is 0 Å². The van der Waals surface area contributed by atoms with Crippen LogP contribution in [0.5, 0.6) is 11.5 Å². The van der Waals surface area contributed by atoms with Crippen molar-refractivity contribution in [3.05, 3.63) is 59.3 Å². The molecule has 0 spiro atoms. The third kappa shape index (κ3) is 3.67. The van der Waals surface area contributed by atoms with Crippen LogP contribution in [-0.2, 0) is 9.59 Å². The fourth-order valence-corrected chi connectivity index (χ4v) is 4.67. The number of hydrogen-bond acceptors (Lipinski definition) is 5. The van der Waals surface area contributed by atoms with Gasteiger partial charge in [0.1, 0.15) is 11.5 Å². The van der Waals surface area contributed by atoms with Crippen molar-refractivity contribution in [1.82, 2.24) is 0 Å². The zero-order valence-corrected chi connectivity index (χ0v) is 18.6. The van der Waals surface area contributed by atoms with Crippen molar-refractivity contribution in [2.75, 3.05) is 24.4 Å². The molecule has 1 aliphatic carbocycles. The Balaban J connectivity index is 2.03. The Bertz CT molecular complexity index is 1090. The summed E-state index contributed by atoms with van der Waals surface area (Å²) < 4.78 is 11.0. The monoisotopic (exact) mass is 420 g/mol. The van der Waals surface area contributed by atoms with E-state index in [-0.39, 0.29) is 17.1 Å². The molecule has 0 bridgehead atoms. The minimum Gasteiger partial charge on any atom is -0.497 e. The van der Waals surface area contributed by atoms with Gasteiger partial charge < -0.3 is 14.8 Å². The molecule has 1 aliphatic heterocycles. The van der Waals surface area contributed by atoms with Crippen LogP contribution >= 0.6 is 0 Å². The number of carbonyl (C=O) groups is 2. The summed E-state index contributed by atoms with van der Waals surface area (Å²) in [6.07, 6.45) is 1.13. The molecule has 31 heavy (non-hydrogen) atoms. The van der Waals surface area contributed by atoms with Gasteiger partial charge in [-0.15, -0.1) is 0 Å². The lowest BCUT2D eigenvalue weighted by Crippen LogP contribution is -2.38. The number of para-hydroxylation sites is 2. The smallest absolute Gasteiger partial charge is 0.224 e. The molecule has 1 heterocycles. The molecule has 4 rings (SSSR count). The lowest BCUT2D eigenvalue weighted by atomic mass is 9.73. The summed E-state index contributed by atoms with van der Waals surface area (Å²) in [5, 5.41) is 3.49. The van der Waals surface area contributed by atoms with Crippen LogP contribution in [0.1, 0.15) is 45.2 Å². The highest BCUT2D eigenvalue weighted by Crippen LogP contribution is 2.50. The SMILES string of the molecule is COc1ccc([C@@H]2C3=C(CC(C)(C)CC3=O)Nc3ccccc3N2C(C)=O)c(OC)c1. The topological polar surface area (TPSA) is 67.9 Å². The van der Waals surface area contributed by atoms with Crippen molar-refractivity contribution in [2.24, 2.45) is 5.41 Å². The minimum atomic E-state index is -0.604. The van der Waals surface area contributed by atoms with E-state index in [0.717, 1.165) is 22.6 Å². The molecule has 6 nitrogen and oxygen atoms in total. The number of ketones is 1. The van der Waals surface area contributed by atoms with Gasteiger partial charge in [-0.3, -0.25) is 14.5 Å². The fraction of sp³-hybridized carbons (Fsp3) is 0.360. The number of carbonyl (C=O) groups excluding carboxylic acids is 2. The highest BCUT2D eigenvalue weighted by atomic mass is 16.5. The van der Waals surface area contributed by atoms with E-state index >= 15 is 0 Å². The van der Waals surface area contributed by atoms with E-state index in [2.05, 4.69) is 19.2 Å². The summed E-state index contributed by atoms with van der Waals surface area (Å²) in [4.78, 5) is 28.2. The predicted molar refractivity (Wildman–Crippen MR) is 121 cm³/mol. The molecule has 0 saturated carbocycles. The summed E-state index contributed by atoms with van der Waals surface area (Å²) in [6, 6.07) is 12.6. The fourth-order valence-electron chi connectivity index (χ4n) is 4.67. The number of nitrogens with zero attached hydrogens (tertiary/aromatic N) is 1. The second kappa shape index (κ2) is 7.76. The molecule has 2 aromatic carbocycles. The van der Waals surface area contributed by atoms with Crippen molar-refractivity contribution in [3.8, 4) is 11.5 Å². The summed E-state index contributed by atoms with van der Waals surface area (Å²) in [6.45, 7) is 5.72. The largest absolute Gasteiger partial charge is 0.497 e. The van der Waals surface area contributed by atoms with E-state index in [1.165, 1.54) is 6.92 Å². The van der Waals surface area contributed by atoms with Crippen LogP contribution < -0.4 is 19.7 Å². The maximum absolute atomic E-state index is 13.5. The van der Waals surface area contributed by atoms with Gasteiger partial charge in [-0.25, -0.2) is 0 Å². The molecule has 1 atom stereocenters. The Morgan fingerprint density at radius 3 is 2.52 bits per heavy atom. The number of methoxy groups -OCH3 is 2. The molecule has 6 heteroatoms. The van der Waals surface area contributed by atoms with Crippen molar-refractivity contribution < 1.29 is 19.1 Å². The van der Waals surface area contributed by atoms with Gasteiger partial charge in [0.25, 0.3) is 0 Å². The third-order valence-corrected chi connectivity index (χ3v) is 5.98. The number of allylic oxidation sites excluding steroid dienone is 1. The van der Waals surface area contributed by atoms with Crippen LogP contribution in [-0.4, -0.2) is 25.9 Å². The van der Waals surface area contributed by atoms with E-state index in [9.17, 15) is 9.59 Å². The Morgan fingerprint density at radius 2 is 1.84 bits per heavy atom. The Hall–Kier alpha value is -3.28. The molecule has 0 aromatic heterocycles. The molecule has 1 amide bonds. The molecule has 2 aromatic rings. The number of Topliss-reactive ketones (excluding diaryl/α,β-unsaturated/α-hetero) is 1. The molecule has 0 radical (unpaired) electrons. The second-order valence-electron chi connectivity index (χ2n) is 8.87. The summed E-state index contributed by atoms with van der Waals surface area (Å²) in [5.41, 5.74) is 3.60. The highest BCUT2D eigenvalue weighted by Gasteiger charge is 2.43. The number of anilines is 2. The minimum absolute atomic E-state index is 0.0423. The molecular formula is C25H28N2O4. The van der Waals surface area contributed by atoms with Gasteiger partial charge in [0.15, 0.2) is 5.78 Å². The number of fused-ring (bicyclic) bond motifs is 1. The Morgan fingerprint density at radius 1 is 1.10 bits per heavy atom. The van der Waals surface area contributed by atoms with Crippen LogP contribution in [0.2, 0.25) is 0 Å². The zero-order chi connectivity index (χ0) is 22.3. The maximum Gasteiger partial charge on any atom is 0.224 e. The molecule has 0 unspecified atom stereocenters. The Kier molecular flexibility index (Phi) is 5.25. The standard InChI is InChI=1S/C25H28N2O4/c1-15(28)27-20-9-7-6-8-18(20)26-19-13-25(2,3)14-21(29)23(19)24(27)17-11-10-16(30-4)12-22(17)31-5/h6-12,24,26H,13-14H2,1-5H3/t24-/m1/s1. The Labute approximate surface area is 182 Å². The van der Waals surface area contributed by atoms with Gasteiger partial charge in [0, 0.05) is 36.2 Å². The van der Waals surface area contributed by atoms with Crippen molar-refractivity contribution in [2.45, 2.75) is 39.7 Å². The average molecular weight is 421 g/mol. The van der Waals surface area contributed by atoms with Gasteiger partial charge in [0.2, 0.25) is 5.91 Å². The van der Waals surface area contributed by atoms with Crippen molar-refractivity contribution >= 4 is 23.1 Å². The summed E-state index contributed by atoms with van der Waals surface area (Å²) in [5.74, 6) is 1.11. The molecular weight excluding hydrogens is 392 g/mol. The average Bonchev–Trinajstić information content (AvgIpc) is 2.86. The van der Waals surface area contributed by atoms with Crippen molar-refractivity contribution in [1.29, 1.82) is 0 Å². The highest BCUT2D eigenvalue weighted by molar-refractivity contribution is 6.06. The van der Waals surface area contributed by atoms with Crippen LogP contribution in [0.25, 0.3) is 0 Å². The molecule has 0 fully saturated rings. The van der Waals surface area contributed by atoms with Crippen LogP contribution in [0.3, 0.4) is 0 Å². The lowest BCUT2D eigenvalue weighted by molar-refractivity contribution is -0.118. The molecule has 162 valence electrons. The maximum atomic E-state index is 13.5. The summed E-state index contributed by atoms with van der Waals surface area (Å²) in [7, 11) is 3.18. The lowest BCUT2D eigenvalue weighted by Gasteiger charge is -2.37. The first-order valence-electron chi connectivity index (χ1n) is 10.4. The number of rotatable bonds is 3. The molecule has 2 aliphatic rings. The van der Waals surface area contributed by atoms with Gasteiger partial charge in [-0.2, -0.15) is 0 Å². The molecule has 0 saturated heterocycles. The summed E-state index contributed by atoms with van der Waals surface area (Å²) >= 11 is 0. The zero-order valence-electron chi connectivity index (χ0n) is 18.6. The van der Waals surface area contributed by atoms with Crippen LogP contribution in [0.15, 0.2) is 53.7 Å². The van der Waals surface area contributed by atoms with Gasteiger partial charge in [-0.1, -0.05) is 26.0 Å². The number of hydrogen-bond donors (Lipinski definition) is 1. The quantitative estimate of drug-likeness (QED) is 0.768. The van der Waals surface area contributed by atoms with E-state index in [1.807, 2.05) is 36.4 Å². The molecule has 1 N–H and O–H groups in total.